The van der Waals surface area contributed by atoms with Gasteiger partial charge in [0.2, 0.25) is 6.41 Å². The number of aliphatic carboxylic acids is 1. The van der Waals surface area contributed by atoms with Gasteiger partial charge in [0.15, 0.2) is 0 Å². The van der Waals surface area contributed by atoms with Gasteiger partial charge in [-0.25, -0.2) is 4.98 Å². The fourth-order valence-corrected chi connectivity index (χ4v) is 5.83. The van der Waals surface area contributed by atoms with Crippen LogP contribution in [0.15, 0.2) is 30.3 Å². The van der Waals surface area contributed by atoms with E-state index in [4.69, 9.17) is 10.1 Å². The van der Waals surface area contributed by atoms with Crippen molar-refractivity contribution in [2.45, 2.75) is 83.1 Å². The largest absolute Gasteiger partial charge is 0.481 e. The number of carbonyl (C=O) groups is 2. The molecule has 2 aliphatic heterocycles. The van der Waals surface area contributed by atoms with Crippen LogP contribution in [0.1, 0.15) is 85.4 Å². The number of hydrogen-bond acceptors (Lipinski definition) is 5. The molecule has 5 rings (SSSR count). The van der Waals surface area contributed by atoms with Crippen molar-refractivity contribution in [1.82, 2.24) is 15.2 Å². The van der Waals surface area contributed by atoms with Gasteiger partial charge in [0.1, 0.15) is 5.82 Å². The van der Waals surface area contributed by atoms with Crippen LogP contribution in [-0.2, 0) is 35.3 Å². The third-order valence-corrected chi connectivity index (χ3v) is 7.76. The summed E-state index contributed by atoms with van der Waals surface area (Å²) >= 11 is 0. The second kappa shape index (κ2) is 14.1. The van der Waals surface area contributed by atoms with Crippen LogP contribution in [-0.4, -0.2) is 53.5 Å². The van der Waals surface area contributed by atoms with Crippen molar-refractivity contribution in [3.05, 3.63) is 58.3 Å². The van der Waals surface area contributed by atoms with E-state index < -0.39 is 12.0 Å². The fourth-order valence-electron chi connectivity index (χ4n) is 5.83. The van der Waals surface area contributed by atoms with Crippen LogP contribution >= 0.6 is 0 Å². The van der Waals surface area contributed by atoms with Crippen LogP contribution in [0, 0.1) is 0 Å². The predicted octanol–water partition coefficient (Wildman–Crippen LogP) is 4.69. The summed E-state index contributed by atoms with van der Waals surface area (Å²) in [6.07, 6.45) is 13.8. The fraction of sp³-hybridized carbons (Fsp3) is 0.567. The highest BCUT2D eigenvalue weighted by Gasteiger charge is 2.21. The Hall–Kier alpha value is -2.93. The molecule has 0 bridgehead atoms. The number of nitrogens with zero attached hydrogens (tertiary/aromatic N) is 2. The summed E-state index contributed by atoms with van der Waals surface area (Å²) in [5.74, 6) is 0.240. The number of benzene rings is 1. The maximum Gasteiger partial charge on any atom is 0.305 e. The number of piperidine rings is 1. The number of fused-ring (bicyclic) bond motifs is 2. The molecule has 200 valence electrons. The van der Waals surface area contributed by atoms with Gasteiger partial charge in [0, 0.05) is 12.2 Å². The Kier molecular flexibility index (Phi) is 10.4. The van der Waals surface area contributed by atoms with Crippen LogP contribution < -0.4 is 10.6 Å². The van der Waals surface area contributed by atoms with Crippen LogP contribution in [0.25, 0.3) is 0 Å². The molecule has 0 saturated carbocycles. The van der Waals surface area contributed by atoms with Crippen LogP contribution in [0.5, 0.6) is 0 Å². The van der Waals surface area contributed by atoms with Gasteiger partial charge < -0.3 is 20.6 Å². The number of rotatable bonds is 9. The Morgan fingerprint density at radius 1 is 1.03 bits per heavy atom. The monoisotopic (exact) mass is 506 g/mol. The average Bonchev–Trinajstić information content (AvgIpc) is 2.93. The first-order valence-corrected chi connectivity index (χ1v) is 14.1. The van der Waals surface area contributed by atoms with Crippen molar-refractivity contribution >= 4 is 18.2 Å². The minimum absolute atomic E-state index is 0.0742. The lowest BCUT2D eigenvalue weighted by Gasteiger charge is -2.26. The highest BCUT2D eigenvalue weighted by molar-refractivity contribution is 5.69. The van der Waals surface area contributed by atoms with Crippen molar-refractivity contribution in [3.8, 4) is 0 Å². The summed E-state index contributed by atoms with van der Waals surface area (Å²) in [4.78, 5) is 28.9. The SMILES string of the molecule is O=CNC(CC(=O)O)c1cccc2c1CCCC2.c1cc2c(nc1CCCN1CCCCC1)NCCC2. The topological polar surface area (TPSA) is 94.6 Å². The van der Waals surface area contributed by atoms with Gasteiger partial charge in [-0.05, 0) is 112 Å². The van der Waals surface area contributed by atoms with Crippen molar-refractivity contribution in [2.24, 2.45) is 0 Å². The lowest BCUT2D eigenvalue weighted by molar-refractivity contribution is -0.137. The number of carbonyl (C=O) groups excluding carboxylic acids is 1. The summed E-state index contributed by atoms with van der Waals surface area (Å²) in [7, 11) is 0. The average molecular weight is 507 g/mol. The zero-order chi connectivity index (χ0) is 25.9. The molecule has 1 unspecified atom stereocenters. The number of aryl methyl sites for hydroxylation is 3. The molecule has 1 atom stereocenters. The number of aromatic nitrogens is 1. The molecule has 1 aromatic heterocycles. The maximum absolute atomic E-state index is 10.9. The predicted molar refractivity (Wildman–Crippen MR) is 147 cm³/mol. The first-order valence-electron chi connectivity index (χ1n) is 14.1. The van der Waals surface area contributed by atoms with Gasteiger partial charge in [0.25, 0.3) is 0 Å². The molecule has 3 N–H and O–H groups in total. The molecule has 37 heavy (non-hydrogen) atoms. The van der Waals surface area contributed by atoms with E-state index >= 15 is 0 Å². The second-order valence-corrected chi connectivity index (χ2v) is 10.5. The van der Waals surface area contributed by atoms with Gasteiger partial charge in [-0.3, -0.25) is 9.59 Å². The molecule has 1 saturated heterocycles. The van der Waals surface area contributed by atoms with E-state index in [0.717, 1.165) is 43.6 Å². The summed E-state index contributed by atoms with van der Waals surface area (Å²) in [6.45, 7) is 4.93. The number of carboxylic acid groups (broad SMARTS) is 1. The van der Waals surface area contributed by atoms with Crippen molar-refractivity contribution in [1.29, 1.82) is 0 Å². The Morgan fingerprint density at radius 2 is 1.84 bits per heavy atom. The standard InChI is InChI=1S/C16H25N3.C14H17NO3/c1-2-11-19(12-3-1)13-5-7-15-9-8-14-6-4-10-17-16(14)18-15;16-9-15-13(8-14(17)18)12-7-3-5-10-4-1-2-6-11(10)12/h8-9H,1-7,10-13H2,(H,17,18);3,5,7,9,13H,1-2,4,6,8H2,(H,15,16)(H,17,18). The van der Waals surface area contributed by atoms with Gasteiger partial charge in [0.05, 0.1) is 12.5 Å². The summed E-state index contributed by atoms with van der Waals surface area (Å²) < 4.78 is 0. The molecule has 3 aliphatic rings. The van der Waals surface area contributed by atoms with Gasteiger partial charge in [-0.1, -0.05) is 30.7 Å². The molecule has 3 heterocycles. The molecule has 0 radical (unpaired) electrons. The normalized spacial score (nSPS) is 17.7. The molecule has 0 spiro atoms. The van der Waals surface area contributed by atoms with E-state index in [2.05, 4.69) is 33.7 Å². The number of likely N-dealkylation sites (tertiary alicyclic amines) is 1. The molecule has 1 aliphatic carbocycles. The van der Waals surface area contributed by atoms with E-state index in [1.807, 2.05) is 12.1 Å². The zero-order valence-electron chi connectivity index (χ0n) is 22.0. The highest BCUT2D eigenvalue weighted by Crippen LogP contribution is 2.29. The minimum atomic E-state index is -0.900. The molecule has 7 heteroatoms. The number of amides is 1. The molecule has 7 nitrogen and oxygen atoms in total. The molecule has 2 aromatic rings. The first-order chi connectivity index (χ1) is 18.1. The Morgan fingerprint density at radius 3 is 2.65 bits per heavy atom. The molecular weight excluding hydrogens is 464 g/mol. The number of anilines is 1. The third kappa shape index (κ3) is 8.03. The molecular formula is C30H42N4O3. The van der Waals surface area contributed by atoms with Crippen LogP contribution in [0.3, 0.4) is 0 Å². The first kappa shape index (κ1) is 27.1. The summed E-state index contributed by atoms with van der Waals surface area (Å²) in [5, 5.41) is 15.0. The Balaban J connectivity index is 0.000000173. The maximum atomic E-state index is 10.9. The van der Waals surface area contributed by atoms with Gasteiger partial charge in [-0.15, -0.1) is 0 Å². The van der Waals surface area contributed by atoms with Crippen molar-refractivity contribution < 1.29 is 14.7 Å². The van der Waals surface area contributed by atoms with E-state index in [1.165, 1.54) is 87.0 Å². The van der Waals surface area contributed by atoms with Crippen LogP contribution in [0.2, 0.25) is 0 Å². The summed E-state index contributed by atoms with van der Waals surface area (Å²) in [5.41, 5.74) is 6.13. The van der Waals surface area contributed by atoms with Gasteiger partial charge >= 0.3 is 5.97 Å². The van der Waals surface area contributed by atoms with E-state index in [-0.39, 0.29) is 6.42 Å². The third-order valence-electron chi connectivity index (χ3n) is 7.76. The molecule has 1 amide bonds. The Labute approximate surface area is 221 Å². The number of hydrogen-bond donors (Lipinski definition) is 3. The number of carboxylic acids is 1. The van der Waals surface area contributed by atoms with Crippen LogP contribution in [0.4, 0.5) is 5.82 Å². The number of nitrogens with one attached hydrogen (secondary N) is 2. The van der Waals surface area contributed by atoms with E-state index in [1.54, 1.807) is 0 Å². The number of pyridine rings is 1. The van der Waals surface area contributed by atoms with Crippen molar-refractivity contribution in [2.75, 3.05) is 31.5 Å². The minimum Gasteiger partial charge on any atom is -0.481 e. The zero-order valence-corrected chi connectivity index (χ0v) is 22.0. The quantitative estimate of drug-likeness (QED) is 0.428. The highest BCUT2D eigenvalue weighted by atomic mass is 16.4. The van der Waals surface area contributed by atoms with Gasteiger partial charge in [-0.2, -0.15) is 0 Å². The molecule has 1 aromatic carbocycles. The smallest absolute Gasteiger partial charge is 0.305 e. The Bertz CT molecular complexity index is 1040. The molecule has 1 fully saturated rings. The lowest BCUT2D eigenvalue weighted by Crippen LogP contribution is -2.30. The second-order valence-electron chi connectivity index (χ2n) is 10.5. The van der Waals surface area contributed by atoms with E-state index in [0.29, 0.717) is 6.41 Å². The van der Waals surface area contributed by atoms with Crippen molar-refractivity contribution in [3.63, 3.8) is 0 Å². The lowest BCUT2D eigenvalue weighted by atomic mass is 9.85. The van der Waals surface area contributed by atoms with E-state index in [9.17, 15) is 9.59 Å². The summed E-state index contributed by atoms with van der Waals surface area (Å²) in [6, 6.07) is 10.0.